The van der Waals surface area contributed by atoms with Crippen LogP contribution in [0.25, 0.3) is 0 Å². The van der Waals surface area contributed by atoms with Crippen molar-refractivity contribution in [3.8, 4) is 0 Å². The van der Waals surface area contributed by atoms with E-state index < -0.39 is 0 Å². The van der Waals surface area contributed by atoms with E-state index in [4.69, 9.17) is 0 Å². The van der Waals surface area contributed by atoms with Crippen LogP contribution in [0.4, 0.5) is 5.69 Å². The van der Waals surface area contributed by atoms with Crippen LogP contribution in [0.2, 0.25) is 0 Å². The number of benzene rings is 2. The minimum atomic E-state index is -0.0503. The average molecular weight is 401 g/mol. The molecule has 1 N–H and O–H groups in total. The molecule has 98 valence electrons. The van der Waals surface area contributed by atoms with Crippen molar-refractivity contribution in [1.82, 2.24) is 0 Å². The molecule has 0 atom stereocenters. The highest BCUT2D eigenvalue weighted by Crippen LogP contribution is 2.26. The Morgan fingerprint density at radius 1 is 1.11 bits per heavy atom. The van der Waals surface area contributed by atoms with Gasteiger partial charge in [0.1, 0.15) is 0 Å². The number of anilines is 1. The standard InChI is InChI=1S/C14H11Br2NOS/c15-10-3-6-12(16)13(8-10)17-14(18)7-9-1-4-11(19)5-2-9/h1-6,8,19H,7H2,(H,17,18). The van der Waals surface area contributed by atoms with Gasteiger partial charge in [-0.2, -0.15) is 0 Å². The van der Waals surface area contributed by atoms with E-state index in [0.717, 1.165) is 25.1 Å². The lowest BCUT2D eigenvalue weighted by molar-refractivity contribution is -0.115. The van der Waals surface area contributed by atoms with Crippen molar-refractivity contribution in [2.45, 2.75) is 11.3 Å². The quantitative estimate of drug-likeness (QED) is 0.719. The number of rotatable bonds is 3. The van der Waals surface area contributed by atoms with Crippen molar-refractivity contribution in [3.63, 3.8) is 0 Å². The summed E-state index contributed by atoms with van der Waals surface area (Å²) in [7, 11) is 0. The molecule has 2 aromatic carbocycles. The molecule has 0 bridgehead atoms. The summed E-state index contributed by atoms with van der Waals surface area (Å²) < 4.78 is 1.78. The Balaban J connectivity index is 2.05. The second kappa shape index (κ2) is 6.59. The number of nitrogens with one attached hydrogen (secondary N) is 1. The minimum Gasteiger partial charge on any atom is -0.325 e. The Bertz CT molecular complexity index is 599. The molecule has 5 heteroatoms. The van der Waals surface area contributed by atoms with Crippen LogP contribution in [-0.2, 0) is 11.2 Å². The topological polar surface area (TPSA) is 29.1 Å². The van der Waals surface area contributed by atoms with Gasteiger partial charge in [-0.25, -0.2) is 0 Å². The molecular weight excluding hydrogens is 390 g/mol. The largest absolute Gasteiger partial charge is 0.325 e. The highest BCUT2D eigenvalue weighted by Gasteiger charge is 2.07. The maximum absolute atomic E-state index is 12.0. The van der Waals surface area contributed by atoms with E-state index in [2.05, 4.69) is 49.8 Å². The van der Waals surface area contributed by atoms with Crippen LogP contribution < -0.4 is 5.32 Å². The molecule has 0 aliphatic carbocycles. The summed E-state index contributed by atoms with van der Waals surface area (Å²) >= 11 is 11.0. The molecule has 0 aromatic heterocycles. The smallest absolute Gasteiger partial charge is 0.228 e. The van der Waals surface area contributed by atoms with Crippen molar-refractivity contribution in [1.29, 1.82) is 0 Å². The molecule has 0 saturated carbocycles. The molecule has 0 heterocycles. The van der Waals surface area contributed by atoms with E-state index in [1.165, 1.54) is 0 Å². The Kier molecular flexibility index (Phi) is 5.07. The highest BCUT2D eigenvalue weighted by molar-refractivity contribution is 9.11. The molecule has 0 radical (unpaired) electrons. The van der Waals surface area contributed by atoms with Crippen molar-refractivity contribution in [3.05, 3.63) is 57.0 Å². The molecule has 0 aliphatic heterocycles. The molecule has 1 amide bonds. The van der Waals surface area contributed by atoms with E-state index in [-0.39, 0.29) is 5.91 Å². The van der Waals surface area contributed by atoms with Crippen molar-refractivity contribution in [2.24, 2.45) is 0 Å². The zero-order valence-electron chi connectivity index (χ0n) is 9.86. The van der Waals surface area contributed by atoms with Gasteiger partial charge in [-0.3, -0.25) is 4.79 Å². The summed E-state index contributed by atoms with van der Waals surface area (Å²) in [6.45, 7) is 0. The minimum absolute atomic E-state index is 0.0503. The Morgan fingerprint density at radius 2 is 1.79 bits per heavy atom. The third kappa shape index (κ3) is 4.37. The molecule has 0 spiro atoms. The number of carbonyl (C=O) groups is 1. The van der Waals surface area contributed by atoms with Crippen LogP contribution in [0.1, 0.15) is 5.56 Å². The van der Waals surface area contributed by atoms with Crippen LogP contribution in [0.15, 0.2) is 56.3 Å². The maximum atomic E-state index is 12.0. The SMILES string of the molecule is O=C(Cc1ccc(S)cc1)Nc1cc(Br)ccc1Br. The van der Waals surface area contributed by atoms with Gasteiger partial charge in [-0.05, 0) is 51.8 Å². The van der Waals surface area contributed by atoms with E-state index in [9.17, 15) is 4.79 Å². The maximum Gasteiger partial charge on any atom is 0.228 e. The summed E-state index contributed by atoms with van der Waals surface area (Å²) in [5.74, 6) is -0.0503. The Hall–Kier alpha value is -0.780. The van der Waals surface area contributed by atoms with Gasteiger partial charge in [0.05, 0.1) is 12.1 Å². The Morgan fingerprint density at radius 3 is 2.47 bits per heavy atom. The lowest BCUT2D eigenvalue weighted by Gasteiger charge is -2.08. The molecular formula is C14H11Br2NOS. The van der Waals surface area contributed by atoms with Gasteiger partial charge in [-0.15, -0.1) is 12.6 Å². The molecule has 2 rings (SSSR count). The summed E-state index contributed by atoms with van der Waals surface area (Å²) in [5, 5.41) is 2.88. The Labute approximate surface area is 134 Å². The zero-order chi connectivity index (χ0) is 13.8. The monoisotopic (exact) mass is 399 g/mol. The summed E-state index contributed by atoms with van der Waals surface area (Å²) in [5.41, 5.74) is 1.71. The molecule has 0 fully saturated rings. The molecule has 2 aromatic rings. The van der Waals surface area contributed by atoms with Gasteiger partial charge in [0.2, 0.25) is 5.91 Å². The van der Waals surface area contributed by atoms with Crippen LogP contribution in [-0.4, -0.2) is 5.91 Å². The van der Waals surface area contributed by atoms with Crippen LogP contribution in [0.5, 0.6) is 0 Å². The number of amides is 1. The number of carbonyl (C=O) groups excluding carboxylic acids is 1. The van der Waals surface area contributed by atoms with Gasteiger partial charge in [0.25, 0.3) is 0 Å². The number of thiol groups is 1. The van der Waals surface area contributed by atoms with Gasteiger partial charge in [-0.1, -0.05) is 28.1 Å². The second-order valence-corrected chi connectivity index (χ2v) is 6.30. The first kappa shape index (κ1) is 14.6. The number of hydrogen-bond donors (Lipinski definition) is 2. The summed E-state index contributed by atoms with van der Waals surface area (Å²) in [4.78, 5) is 12.9. The average Bonchev–Trinajstić information content (AvgIpc) is 2.37. The van der Waals surface area contributed by atoms with Crippen molar-refractivity contribution < 1.29 is 4.79 Å². The third-order valence-corrected chi connectivity index (χ3v) is 3.99. The predicted octanol–water partition coefficient (Wildman–Crippen LogP) is 4.68. The van der Waals surface area contributed by atoms with Crippen LogP contribution >= 0.6 is 44.5 Å². The summed E-state index contributed by atoms with van der Waals surface area (Å²) in [6, 6.07) is 13.2. The van der Waals surface area contributed by atoms with Crippen LogP contribution in [0.3, 0.4) is 0 Å². The van der Waals surface area contributed by atoms with Crippen LogP contribution in [0, 0.1) is 0 Å². The lowest BCUT2D eigenvalue weighted by atomic mass is 10.1. The van der Waals surface area contributed by atoms with Crippen molar-refractivity contribution in [2.75, 3.05) is 5.32 Å². The van der Waals surface area contributed by atoms with Gasteiger partial charge in [0, 0.05) is 13.8 Å². The molecule has 2 nitrogen and oxygen atoms in total. The first-order chi connectivity index (χ1) is 9.04. The first-order valence-electron chi connectivity index (χ1n) is 5.57. The molecule has 19 heavy (non-hydrogen) atoms. The lowest BCUT2D eigenvalue weighted by Crippen LogP contribution is -2.14. The molecule has 0 saturated heterocycles. The van der Waals surface area contributed by atoms with Gasteiger partial charge >= 0.3 is 0 Å². The van der Waals surface area contributed by atoms with E-state index in [0.29, 0.717) is 6.42 Å². The predicted molar refractivity (Wildman–Crippen MR) is 87.9 cm³/mol. The number of hydrogen-bond acceptors (Lipinski definition) is 2. The van der Waals surface area contributed by atoms with Gasteiger partial charge < -0.3 is 5.32 Å². The fourth-order valence-corrected chi connectivity index (χ4v) is 2.44. The van der Waals surface area contributed by atoms with E-state index in [1.807, 2.05) is 42.5 Å². The third-order valence-electron chi connectivity index (χ3n) is 2.50. The fourth-order valence-electron chi connectivity index (χ4n) is 1.59. The van der Waals surface area contributed by atoms with Crippen molar-refractivity contribution >= 4 is 56.1 Å². The highest BCUT2D eigenvalue weighted by atomic mass is 79.9. The fraction of sp³-hybridized carbons (Fsp3) is 0.0714. The second-order valence-electron chi connectivity index (χ2n) is 4.02. The normalized spacial score (nSPS) is 10.3. The molecule has 0 aliphatic rings. The molecule has 0 unspecified atom stereocenters. The summed E-state index contributed by atoms with van der Waals surface area (Å²) in [6.07, 6.45) is 0.340. The van der Waals surface area contributed by atoms with Gasteiger partial charge in [0.15, 0.2) is 0 Å². The van der Waals surface area contributed by atoms with E-state index >= 15 is 0 Å². The zero-order valence-corrected chi connectivity index (χ0v) is 13.9. The number of halogens is 2. The van der Waals surface area contributed by atoms with E-state index in [1.54, 1.807) is 0 Å². The first-order valence-corrected chi connectivity index (χ1v) is 7.61.